The van der Waals surface area contributed by atoms with Gasteiger partial charge in [-0.25, -0.2) is 0 Å². The monoisotopic (exact) mass is 108 g/mol. The van der Waals surface area contributed by atoms with Crippen molar-refractivity contribution in [1.82, 2.24) is 0 Å². The fourth-order valence-electron chi connectivity index (χ4n) is 0.491. The van der Waals surface area contributed by atoms with Crippen molar-refractivity contribution >= 4 is 12.4 Å². The van der Waals surface area contributed by atoms with E-state index in [4.69, 9.17) is 0 Å². The quantitative estimate of drug-likeness (QED) is 0.443. The summed E-state index contributed by atoms with van der Waals surface area (Å²) in [5, 5.41) is 0. The first-order chi connectivity index (χ1) is 3.80. The molecule has 1 aliphatic rings. The first-order valence-electron chi connectivity index (χ1n) is 2.55. The summed E-state index contributed by atoms with van der Waals surface area (Å²) in [6.45, 7) is 5.65. The summed E-state index contributed by atoms with van der Waals surface area (Å²) in [5.74, 6) is 0. The van der Waals surface area contributed by atoms with Gasteiger partial charge in [0.2, 0.25) is 0 Å². The van der Waals surface area contributed by atoms with Crippen molar-refractivity contribution in [1.29, 1.82) is 0 Å². The maximum absolute atomic E-state index is 4.04. The highest BCUT2D eigenvalue weighted by molar-refractivity contribution is 6.17. The maximum Gasteiger partial charge on any atom is 0.0886 e. The number of rotatable bonds is 0. The zero-order chi connectivity index (χ0) is 5.98. The minimum atomic E-state index is 0.181. The Kier molecular flexibility index (Phi) is 1.24. The summed E-state index contributed by atoms with van der Waals surface area (Å²) in [6, 6.07) is 0.181. The van der Waals surface area contributed by atoms with Crippen LogP contribution in [0.4, 0.5) is 0 Å². The van der Waals surface area contributed by atoms with Crippen LogP contribution < -0.4 is 0 Å². The molecule has 0 amide bonds. The zero-order valence-electron chi connectivity index (χ0n) is 4.83. The topological polar surface area (TPSA) is 24.7 Å². The molecule has 1 aliphatic heterocycles. The molecule has 0 aliphatic carbocycles. The highest BCUT2D eigenvalue weighted by atomic mass is 14.9. The Morgan fingerprint density at radius 3 is 2.75 bits per heavy atom. The van der Waals surface area contributed by atoms with Crippen LogP contribution in [0.3, 0.4) is 0 Å². The van der Waals surface area contributed by atoms with E-state index < -0.39 is 0 Å². The minimum absolute atomic E-state index is 0.181. The lowest BCUT2D eigenvalue weighted by Crippen LogP contribution is -2.04. The first kappa shape index (κ1) is 5.22. The van der Waals surface area contributed by atoms with Crippen LogP contribution in [-0.4, -0.2) is 18.5 Å². The Bertz CT molecular complexity index is 156. The number of aliphatic imine (C=N–C) groups is 2. The lowest BCUT2D eigenvalue weighted by Gasteiger charge is -2.06. The summed E-state index contributed by atoms with van der Waals surface area (Å²) >= 11 is 0. The number of hydrogen-bond acceptors (Lipinski definition) is 2. The standard InChI is InChI=1S/C6H8N2/c1-5-6(2)8-4-3-7-5/h3-4,6H,1H2,2H3. The Morgan fingerprint density at radius 2 is 2.38 bits per heavy atom. The molecule has 2 heteroatoms. The Morgan fingerprint density at radius 1 is 1.62 bits per heavy atom. The molecule has 1 unspecified atom stereocenters. The predicted molar refractivity (Wildman–Crippen MR) is 35.6 cm³/mol. The second-order valence-electron chi connectivity index (χ2n) is 1.74. The van der Waals surface area contributed by atoms with E-state index in [1.165, 1.54) is 0 Å². The van der Waals surface area contributed by atoms with Crippen LogP contribution in [0.25, 0.3) is 0 Å². The second kappa shape index (κ2) is 1.90. The summed E-state index contributed by atoms with van der Waals surface area (Å²) < 4.78 is 0. The van der Waals surface area contributed by atoms with Crippen molar-refractivity contribution in [3.63, 3.8) is 0 Å². The van der Waals surface area contributed by atoms with Gasteiger partial charge in [-0.1, -0.05) is 6.58 Å². The number of nitrogens with zero attached hydrogens (tertiary/aromatic N) is 2. The van der Waals surface area contributed by atoms with Crippen molar-refractivity contribution in [2.75, 3.05) is 0 Å². The summed E-state index contributed by atoms with van der Waals surface area (Å²) in [7, 11) is 0. The maximum atomic E-state index is 4.04. The SMILES string of the molecule is C=C1N=CC=NC1C. The first-order valence-corrected chi connectivity index (χ1v) is 2.55. The summed E-state index contributed by atoms with van der Waals surface area (Å²) in [6.07, 6.45) is 3.35. The van der Waals surface area contributed by atoms with Crippen LogP contribution >= 0.6 is 0 Å². The van der Waals surface area contributed by atoms with Crippen LogP contribution in [0, 0.1) is 0 Å². The lowest BCUT2D eigenvalue weighted by molar-refractivity contribution is 0.855. The molecule has 0 aromatic heterocycles. The van der Waals surface area contributed by atoms with Gasteiger partial charge in [-0.2, -0.15) is 0 Å². The molecule has 1 rings (SSSR count). The lowest BCUT2D eigenvalue weighted by atomic mass is 10.3. The molecule has 0 aromatic carbocycles. The van der Waals surface area contributed by atoms with Gasteiger partial charge in [0.15, 0.2) is 0 Å². The average molecular weight is 108 g/mol. The molecular formula is C6H8N2. The predicted octanol–water partition coefficient (Wildman–Crippen LogP) is 1.04. The van der Waals surface area contributed by atoms with E-state index in [2.05, 4.69) is 16.6 Å². The van der Waals surface area contributed by atoms with Gasteiger partial charge in [0.25, 0.3) is 0 Å². The van der Waals surface area contributed by atoms with E-state index in [0.29, 0.717) is 0 Å². The molecule has 1 heterocycles. The molecule has 0 spiro atoms. The smallest absolute Gasteiger partial charge is 0.0886 e. The van der Waals surface area contributed by atoms with Crippen molar-refractivity contribution in [2.24, 2.45) is 9.98 Å². The fourth-order valence-corrected chi connectivity index (χ4v) is 0.491. The van der Waals surface area contributed by atoms with Crippen LogP contribution in [0.5, 0.6) is 0 Å². The van der Waals surface area contributed by atoms with Gasteiger partial charge in [0.05, 0.1) is 11.7 Å². The highest BCUT2D eigenvalue weighted by Gasteiger charge is 2.02. The third-order valence-electron chi connectivity index (χ3n) is 1.10. The summed E-state index contributed by atoms with van der Waals surface area (Å²) in [4.78, 5) is 7.98. The molecule has 8 heavy (non-hydrogen) atoms. The normalized spacial score (nSPS) is 26.6. The van der Waals surface area contributed by atoms with Gasteiger partial charge in [-0.15, -0.1) is 0 Å². The van der Waals surface area contributed by atoms with Gasteiger partial charge in [-0.3, -0.25) is 9.98 Å². The molecule has 1 atom stereocenters. The fraction of sp³-hybridized carbons (Fsp3) is 0.333. The van der Waals surface area contributed by atoms with Crippen molar-refractivity contribution in [3.05, 3.63) is 12.3 Å². The molecular weight excluding hydrogens is 100 g/mol. The van der Waals surface area contributed by atoms with Crippen molar-refractivity contribution < 1.29 is 0 Å². The van der Waals surface area contributed by atoms with Gasteiger partial charge in [0, 0.05) is 12.4 Å². The van der Waals surface area contributed by atoms with Crippen LogP contribution in [0.15, 0.2) is 22.3 Å². The molecule has 42 valence electrons. The number of hydrogen-bond donors (Lipinski definition) is 0. The molecule has 2 nitrogen and oxygen atoms in total. The molecule has 0 bridgehead atoms. The summed E-state index contributed by atoms with van der Waals surface area (Å²) in [5.41, 5.74) is 0.840. The third kappa shape index (κ3) is 0.832. The van der Waals surface area contributed by atoms with Gasteiger partial charge in [0.1, 0.15) is 0 Å². The third-order valence-corrected chi connectivity index (χ3v) is 1.10. The molecule has 0 fully saturated rings. The van der Waals surface area contributed by atoms with Gasteiger partial charge < -0.3 is 0 Å². The van der Waals surface area contributed by atoms with Gasteiger partial charge >= 0.3 is 0 Å². The molecule has 0 saturated carbocycles. The highest BCUT2D eigenvalue weighted by Crippen LogP contribution is 2.05. The largest absolute Gasteiger partial charge is 0.282 e. The van der Waals surface area contributed by atoms with E-state index in [9.17, 15) is 0 Å². The molecule has 0 radical (unpaired) electrons. The van der Waals surface area contributed by atoms with E-state index in [1.807, 2.05) is 6.92 Å². The molecule has 0 aromatic rings. The minimum Gasteiger partial charge on any atom is -0.282 e. The van der Waals surface area contributed by atoms with Crippen molar-refractivity contribution in [3.8, 4) is 0 Å². The zero-order valence-corrected chi connectivity index (χ0v) is 4.83. The van der Waals surface area contributed by atoms with E-state index >= 15 is 0 Å². The van der Waals surface area contributed by atoms with Crippen molar-refractivity contribution in [2.45, 2.75) is 13.0 Å². The van der Waals surface area contributed by atoms with Crippen LogP contribution in [0.1, 0.15) is 6.92 Å². The van der Waals surface area contributed by atoms with E-state index in [0.717, 1.165) is 5.70 Å². The average Bonchev–Trinajstić information content (AvgIpc) is 1.77. The van der Waals surface area contributed by atoms with E-state index in [-0.39, 0.29) is 6.04 Å². The molecule has 0 saturated heterocycles. The second-order valence-corrected chi connectivity index (χ2v) is 1.74. The van der Waals surface area contributed by atoms with Crippen LogP contribution in [0.2, 0.25) is 0 Å². The Labute approximate surface area is 48.7 Å². The van der Waals surface area contributed by atoms with E-state index in [1.54, 1.807) is 12.4 Å². The van der Waals surface area contributed by atoms with Crippen LogP contribution in [-0.2, 0) is 0 Å². The Balaban J connectivity index is 2.74. The van der Waals surface area contributed by atoms with Gasteiger partial charge in [-0.05, 0) is 6.92 Å². The molecule has 0 N–H and O–H groups in total. The Hall–Kier alpha value is -0.920.